The fraction of sp³-hybridized carbons (Fsp3) is 0.381. The van der Waals surface area contributed by atoms with E-state index in [1.54, 1.807) is 19.1 Å². The first kappa shape index (κ1) is 21.5. The van der Waals surface area contributed by atoms with Crippen molar-refractivity contribution in [3.63, 3.8) is 0 Å². The number of hydrogen-bond acceptors (Lipinski definition) is 4. The fourth-order valence-electron chi connectivity index (χ4n) is 2.73. The Kier molecular flexibility index (Phi) is 7.61. The molecule has 5 nitrogen and oxygen atoms in total. The monoisotopic (exact) mass is 393 g/mol. The Bertz CT molecular complexity index is 799. The zero-order valence-electron chi connectivity index (χ0n) is 16.5. The van der Waals surface area contributed by atoms with Gasteiger partial charge < -0.3 is 19.5 Å². The summed E-state index contributed by atoms with van der Waals surface area (Å²) in [5, 5.41) is 2.71. The van der Waals surface area contributed by atoms with Gasteiger partial charge in [-0.1, -0.05) is 6.07 Å². The van der Waals surface area contributed by atoms with Crippen molar-refractivity contribution < 1.29 is 27.8 Å². The smallest absolute Gasteiger partial charge is 0.252 e. The summed E-state index contributed by atoms with van der Waals surface area (Å²) in [4.78, 5) is 12.7. The summed E-state index contributed by atoms with van der Waals surface area (Å²) in [5.41, 5.74) is 0.473. The Morgan fingerprint density at radius 1 is 0.964 bits per heavy atom. The number of ether oxygens (including phenoxy) is 3. The number of carbonyl (C=O) groups excluding carboxylic acids is 1. The maximum absolute atomic E-state index is 14.0. The van der Waals surface area contributed by atoms with E-state index >= 15 is 0 Å². The quantitative estimate of drug-likeness (QED) is 0.674. The second-order valence-electron chi connectivity index (χ2n) is 5.96. The molecule has 28 heavy (non-hydrogen) atoms. The van der Waals surface area contributed by atoms with Crippen LogP contribution in [0.2, 0.25) is 0 Å². The van der Waals surface area contributed by atoms with Crippen LogP contribution < -0.4 is 19.5 Å². The molecule has 0 bridgehead atoms. The van der Waals surface area contributed by atoms with E-state index in [-0.39, 0.29) is 11.1 Å². The van der Waals surface area contributed by atoms with Gasteiger partial charge in [0.2, 0.25) is 5.75 Å². The highest BCUT2D eigenvalue weighted by Crippen LogP contribution is 2.39. The third kappa shape index (κ3) is 5.12. The zero-order valence-corrected chi connectivity index (χ0v) is 16.5. The molecule has 0 unspecified atom stereocenters. The van der Waals surface area contributed by atoms with E-state index in [0.717, 1.165) is 12.1 Å². The van der Waals surface area contributed by atoms with Crippen LogP contribution in [-0.2, 0) is 0 Å². The van der Waals surface area contributed by atoms with E-state index in [1.807, 2.05) is 20.8 Å². The van der Waals surface area contributed by atoms with Gasteiger partial charge in [0.15, 0.2) is 11.5 Å². The maximum atomic E-state index is 14.0. The molecule has 1 amide bonds. The van der Waals surface area contributed by atoms with Crippen molar-refractivity contribution in [1.29, 1.82) is 0 Å². The minimum Gasteiger partial charge on any atom is -0.490 e. The molecule has 0 aromatic heterocycles. The predicted molar refractivity (Wildman–Crippen MR) is 102 cm³/mol. The fourth-order valence-corrected chi connectivity index (χ4v) is 2.73. The van der Waals surface area contributed by atoms with E-state index in [2.05, 4.69) is 5.32 Å². The molecule has 2 aromatic rings. The standard InChI is InChI=1S/C21H25F2NO4/c1-5-26-18-10-14(11-19(27-6-2)20(18)28-7-3)21(25)24-13(4)16-9-8-15(22)12-17(16)23/h8-13H,5-7H2,1-4H3,(H,24,25)/t13-/m0/s1. The van der Waals surface area contributed by atoms with Crippen LogP contribution in [0.3, 0.4) is 0 Å². The lowest BCUT2D eigenvalue weighted by atomic mass is 10.1. The normalized spacial score (nSPS) is 11.6. The van der Waals surface area contributed by atoms with Crippen molar-refractivity contribution >= 4 is 5.91 Å². The number of nitrogens with one attached hydrogen (secondary N) is 1. The highest BCUT2D eigenvalue weighted by molar-refractivity contribution is 5.95. The van der Waals surface area contributed by atoms with Gasteiger partial charge in [-0.25, -0.2) is 8.78 Å². The minimum absolute atomic E-state index is 0.191. The molecule has 7 heteroatoms. The summed E-state index contributed by atoms with van der Waals surface area (Å²) in [6.45, 7) is 8.28. The SMILES string of the molecule is CCOc1cc(C(=O)N[C@@H](C)c2ccc(F)cc2F)cc(OCC)c1OCC. The van der Waals surface area contributed by atoms with Crippen LogP contribution in [0.25, 0.3) is 0 Å². The highest BCUT2D eigenvalue weighted by Gasteiger charge is 2.20. The van der Waals surface area contributed by atoms with E-state index in [1.165, 1.54) is 6.07 Å². The third-order valence-corrected chi connectivity index (χ3v) is 3.95. The van der Waals surface area contributed by atoms with Gasteiger partial charge in [-0.3, -0.25) is 4.79 Å². The van der Waals surface area contributed by atoms with Gasteiger partial charge in [0.1, 0.15) is 11.6 Å². The van der Waals surface area contributed by atoms with E-state index < -0.39 is 23.6 Å². The van der Waals surface area contributed by atoms with E-state index in [9.17, 15) is 13.6 Å². The lowest BCUT2D eigenvalue weighted by Crippen LogP contribution is -2.27. The summed E-state index contributed by atoms with van der Waals surface area (Å²) >= 11 is 0. The molecule has 2 aromatic carbocycles. The van der Waals surface area contributed by atoms with Crippen molar-refractivity contribution in [3.8, 4) is 17.2 Å². The van der Waals surface area contributed by atoms with Crippen LogP contribution >= 0.6 is 0 Å². The molecule has 0 heterocycles. The average molecular weight is 393 g/mol. The lowest BCUT2D eigenvalue weighted by molar-refractivity contribution is 0.0938. The molecular weight excluding hydrogens is 368 g/mol. The molecule has 0 saturated carbocycles. The first-order chi connectivity index (χ1) is 13.4. The van der Waals surface area contributed by atoms with Crippen LogP contribution in [0.1, 0.15) is 49.7 Å². The molecule has 0 spiro atoms. The number of carbonyl (C=O) groups is 1. The van der Waals surface area contributed by atoms with Crippen LogP contribution in [-0.4, -0.2) is 25.7 Å². The molecule has 0 saturated heterocycles. The largest absolute Gasteiger partial charge is 0.490 e. The Morgan fingerprint density at radius 2 is 1.54 bits per heavy atom. The van der Waals surface area contributed by atoms with Crippen molar-refractivity contribution in [2.75, 3.05) is 19.8 Å². The number of halogens is 2. The second-order valence-corrected chi connectivity index (χ2v) is 5.96. The molecule has 0 radical (unpaired) electrons. The summed E-state index contributed by atoms with van der Waals surface area (Å²) < 4.78 is 43.9. The molecule has 152 valence electrons. The molecule has 2 rings (SSSR count). The van der Waals surface area contributed by atoms with Crippen molar-refractivity contribution in [2.24, 2.45) is 0 Å². The van der Waals surface area contributed by atoms with Crippen molar-refractivity contribution in [1.82, 2.24) is 5.32 Å². The number of hydrogen-bond donors (Lipinski definition) is 1. The topological polar surface area (TPSA) is 56.8 Å². The van der Waals surface area contributed by atoms with Crippen LogP contribution in [0.15, 0.2) is 30.3 Å². The Labute approximate surface area is 163 Å². The zero-order chi connectivity index (χ0) is 20.7. The van der Waals surface area contributed by atoms with Gasteiger partial charge in [0.25, 0.3) is 5.91 Å². The maximum Gasteiger partial charge on any atom is 0.252 e. The average Bonchev–Trinajstić information content (AvgIpc) is 2.64. The third-order valence-electron chi connectivity index (χ3n) is 3.95. The van der Waals surface area contributed by atoms with Gasteiger partial charge >= 0.3 is 0 Å². The molecule has 0 aliphatic carbocycles. The number of rotatable bonds is 9. The molecule has 0 aliphatic heterocycles. The van der Waals surface area contributed by atoms with Crippen LogP contribution in [0.5, 0.6) is 17.2 Å². The molecular formula is C21H25F2NO4. The Balaban J connectivity index is 2.32. The summed E-state index contributed by atoms with van der Waals surface area (Å²) in [5.74, 6) is -0.623. The summed E-state index contributed by atoms with van der Waals surface area (Å²) in [6, 6.07) is 5.70. The van der Waals surface area contributed by atoms with Crippen molar-refractivity contribution in [2.45, 2.75) is 33.7 Å². The van der Waals surface area contributed by atoms with Gasteiger partial charge in [0, 0.05) is 17.2 Å². The van der Waals surface area contributed by atoms with Crippen LogP contribution in [0, 0.1) is 11.6 Å². The molecule has 0 aliphatic rings. The Hall–Kier alpha value is -2.83. The van der Waals surface area contributed by atoms with E-state index in [4.69, 9.17) is 14.2 Å². The number of benzene rings is 2. The van der Waals surface area contributed by atoms with Crippen molar-refractivity contribution in [3.05, 3.63) is 53.1 Å². The summed E-state index contributed by atoms with van der Waals surface area (Å²) in [7, 11) is 0. The Morgan fingerprint density at radius 3 is 2.04 bits per heavy atom. The molecule has 1 atom stereocenters. The van der Waals surface area contributed by atoms with Gasteiger partial charge in [-0.2, -0.15) is 0 Å². The van der Waals surface area contributed by atoms with Gasteiger partial charge in [-0.05, 0) is 45.9 Å². The van der Waals surface area contributed by atoms with Crippen LogP contribution in [0.4, 0.5) is 8.78 Å². The minimum atomic E-state index is -0.718. The lowest BCUT2D eigenvalue weighted by Gasteiger charge is -2.19. The predicted octanol–water partition coefficient (Wildman–Crippen LogP) is 4.65. The first-order valence-electron chi connectivity index (χ1n) is 9.23. The molecule has 1 N–H and O–H groups in total. The second kappa shape index (κ2) is 9.92. The van der Waals surface area contributed by atoms with E-state index in [0.29, 0.717) is 37.1 Å². The number of amides is 1. The molecule has 0 fully saturated rings. The van der Waals surface area contributed by atoms with Gasteiger partial charge in [-0.15, -0.1) is 0 Å². The highest BCUT2D eigenvalue weighted by atomic mass is 19.1. The summed E-state index contributed by atoms with van der Waals surface area (Å²) in [6.07, 6.45) is 0. The first-order valence-corrected chi connectivity index (χ1v) is 9.23. The van der Waals surface area contributed by atoms with Gasteiger partial charge in [0.05, 0.1) is 25.9 Å².